The summed E-state index contributed by atoms with van der Waals surface area (Å²) in [5.74, 6) is 0.505. The van der Waals surface area contributed by atoms with Crippen LogP contribution >= 0.6 is 11.3 Å². The van der Waals surface area contributed by atoms with Crippen molar-refractivity contribution >= 4 is 27.5 Å². The Morgan fingerprint density at radius 3 is 2.82 bits per heavy atom. The SMILES string of the molecule is CN(Cc1ccco1)C(=O)COc1ncnc2scc(-c3ccc(F)cc3)c12. The number of ether oxygens (including phenoxy) is 1. The summed E-state index contributed by atoms with van der Waals surface area (Å²) in [7, 11) is 1.68. The summed E-state index contributed by atoms with van der Waals surface area (Å²) in [6, 6.07) is 9.76. The quantitative estimate of drug-likeness (QED) is 0.489. The fourth-order valence-corrected chi connectivity index (χ4v) is 3.67. The molecule has 4 aromatic rings. The largest absolute Gasteiger partial charge is 0.467 e. The lowest BCUT2D eigenvalue weighted by molar-refractivity contribution is -0.132. The molecule has 142 valence electrons. The van der Waals surface area contributed by atoms with Crippen LogP contribution in [0.25, 0.3) is 21.3 Å². The van der Waals surface area contributed by atoms with Crippen LogP contribution < -0.4 is 4.74 Å². The van der Waals surface area contributed by atoms with Gasteiger partial charge in [-0.2, -0.15) is 0 Å². The van der Waals surface area contributed by atoms with Gasteiger partial charge in [-0.25, -0.2) is 14.4 Å². The first-order valence-corrected chi connectivity index (χ1v) is 9.37. The van der Waals surface area contributed by atoms with Gasteiger partial charge in [0, 0.05) is 18.0 Å². The molecular formula is C20H16FN3O3S. The number of benzene rings is 1. The number of aromatic nitrogens is 2. The summed E-state index contributed by atoms with van der Waals surface area (Å²) in [6.07, 6.45) is 2.97. The van der Waals surface area contributed by atoms with Crippen molar-refractivity contribution in [3.63, 3.8) is 0 Å². The number of rotatable bonds is 6. The number of hydrogen-bond donors (Lipinski definition) is 0. The van der Waals surface area contributed by atoms with Gasteiger partial charge in [-0.3, -0.25) is 4.79 Å². The molecule has 0 aliphatic heterocycles. The van der Waals surface area contributed by atoms with Crippen LogP contribution in [-0.4, -0.2) is 34.4 Å². The van der Waals surface area contributed by atoms with Crippen LogP contribution in [-0.2, 0) is 11.3 Å². The number of likely N-dealkylation sites (N-methyl/N-ethyl adjacent to an activating group) is 1. The molecular weight excluding hydrogens is 381 g/mol. The number of carbonyl (C=O) groups excluding carboxylic acids is 1. The van der Waals surface area contributed by atoms with Crippen molar-refractivity contribution in [2.75, 3.05) is 13.7 Å². The fourth-order valence-electron chi connectivity index (χ4n) is 2.76. The van der Waals surface area contributed by atoms with Crippen LogP contribution in [0.3, 0.4) is 0 Å². The van der Waals surface area contributed by atoms with Crippen LogP contribution in [0, 0.1) is 5.82 Å². The van der Waals surface area contributed by atoms with Crippen LogP contribution in [0.4, 0.5) is 4.39 Å². The zero-order valence-electron chi connectivity index (χ0n) is 15.0. The van der Waals surface area contributed by atoms with Crippen molar-refractivity contribution in [1.29, 1.82) is 0 Å². The molecule has 0 N–H and O–H groups in total. The highest BCUT2D eigenvalue weighted by molar-refractivity contribution is 7.17. The van der Waals surface area contributed by atoms with E-state index in [2.05, 4.69) is 9.97 Å². The van der Waals surface area contributed by atoms with Crippen LogP contribution in [0.5, 0.6) is 5.88 Å². The Labute approximate surface area is 164 Å². The second-order valence-corrected chi connectivity index (χ2v) is 6.99. The molecule has 4 rings (SSSR count). The van der Waals surface area contributed by atoms with E-state index in [9.17, 15) is 9.18 Å². The second-order valence-electron chi connectivity index (χ2n) is 6.13. The molecule has 28 heavy (non-hydrogen) atoms. The Morgan fingerprint density at radius 1 is 1.25 bits per heavy atom. The molecule has 0 spiro atoms. The number of furan rings is 1. The molecule has 6 nitrogen and oxygen atoms in total. The van der Waals surface area contributed by atoms with Crippen molar-refractivity contribution in [2.45, 2.75) is 6.54 Å². The minimum atomic E-state index is -0.304. The van der Waals surface area contributed by atoms with Gasteiger partial charge >= 0.3 is 0 Å². The smallest absolute Gasteiger partial charge is 0.260 e. The molecule has 3 aromatic heterocycles. The monoisotopic (exact) mass is 397 g/mol. The molecule has 0 saturated carbocycles. The lowest BCUT2D eigenvalue weighted by Crippen LogP contribution is -2.30. The van der Waals surface area contributed by atoms with E-state index in [0.717, 1.165) is 16.0 Å². The maximum Gasteiger partial charge on any atom is 0.260 e. The molecule has 1 aromatic carbocycles. The molecule has 0 aliphatic rings. The third-order valence-corrected chi connectivity index (χ3v) is 5.11. The van der Waals surface area contributed by atoms with Gasteiger partial charge in [-0.1, -0.05) is 12.1 Å². The minimum absolute atomic E-state index is 0.165. The first-order valence-electron chi connectivity index (χ1n) is 8.49. The summed E-state index contributed by atoms with van der Waals surface area (Å²) in [5.41, 5.74) is 1.67. The number of halogens is 1. The number of thiophene rings is 1. The van der Waals surface area contributed by atoms with E-state index >= 15 is 0 Å². The summed E-state index contributed by atoms with van der Waals surface area (Å²) in [6.45, 7) is 0.190. The van der Waals surface area contributed by atoms with Gasteiger partial charge in [0.05, 0.1) is 18.2 Å². The highest BCUT2D eigenvalue weighted by atomic mass is 32.1. The lowest BCUT2D eigenvalue weighted by atomic mass is 10.1. The third kappa shape index (κ3) is 3.72. The second kappa shape index (κ2) is 7.77. The van der Waals surface area contributed by atoms with Crippen molar-refractivity contribution in [2.24, 2.45) is 0 Å². The topological polar surface area (TPSA) is 68.5 Å². The van der Waals surface area contributed by atoms with Gasteiger partial charge < -0.3 is 14.1 Å². The zero-order chi connectivity index (χ0) is 19.5. The van der Waals surface area contributed by atoms with Gasteiger partial charge in [0.25, 0.3) is 5.91 Å². The highest BCUT2D eigenvalue weighted by Gasteiger charge is 2.17. The molecule has 0 radical (unpaired) electrons. The third-order valence-electron chi connectivity index (χ3n) is 4.22. The van der Waals surface area contributed by atoms with E-state index in [0.29, 0.717) is 23.6 Å². The van der Waals surface area contributed by atoms with Gasteiger partial charge in [0.1, 0.15) is 22.7 Å². The minimum Gasteiger partial charge on any atom is -0.467 e. The summed E-state index contributed by atoms with van der Waals surface area (Å²) < 4.78 is 24.2. The highest BCUT2D eigenvalue weighted by Crippen LogP contribution is 2.37. The lowest BCUT2D eigenvalue weighted by Gasteiger charge is -2.16. The first-order chi connectivity index (χ1) is 13.6. The average molecular weight is 397 g/mol. The first kappa shape index (κ1) is 18.1. The maximum absolute atomic E-state index is 13.2. The van der Waals surface area contributed by atoms with Gasteiger partial charge in [0.15, 0.2) is 6.61 Å². The predicted molar refractivity (Wildman–Crippen MR) is 103 cm³/mol. The normalized spacial score (nSPS) is 10.9. The van der Waals surface area contributed by atoms with E-state index in [4.69, 9.17) is 9.15 Å². The fraction of sp³-hybridized carbons (Fsp3) is 0.150. The van der Waals surface area contributed by atoms with Crippen molar-refractivity contribution in [1.82, 2.24) is 14.9 Å². The number of nitrogens with zero attached hydrogens (tertiary/aromatic N) is 3. The average Bonchev–Trinajstić information content (AvgIpc) is 3.36. The van der Waals surface area contributed by atoms with E-state index in [1.54, 1.807) is 37.6 Å². The molecule has 8 heteroatoms. The van der Waals surface area contributed by atoms with Gasteiger partial charge in [-0.15, -0.1) is 11.3 Å². The van der Waals surface area contributed by atoms with Crippen molar-refractivity contribution in [3.8, 4) is 17.0 Å². The molecule has 3 heterocycles. The summed E-state index contributed by atoms with van der Waals surface area (Å²) in [4.78, 5) is 23.1. The molecule has 0 aliphatic carbocycles. The molecule has 0 saturated heterocycles. The molecule has 1 amide bonds. The Bertz CT molecular complexity index is 1090. The summed E-state index contributed by atoms with van der Waals surface area (Å²) >= 11 is 1.44. The van der Waals surface area contributed by atoms with Crippen LogP contribution in [0.2, 0.25) is 0 Å². The van der Waals surface area contributed by atoms with E-state index in [-0.39, 0.29) is 18.3 Å². The number of carbonyl (C=O) groups is 1. The molecule has 0 unspecified atom stereocenters. The van der Waals surface area contributed by atoms with Crippen LogP contribution in [0.15, 0.2) is 58.8 Å². The van der Waals surface area contributed by atoms with E-state index in [1.165, 1.54) is 34.7 Å². The number of amides is 1. The maximum atomic E-state index is 13.2. The Morgan fingerprint density at radius 2 is 2.07 bits per heavy atom. The van der Waals surface area contributed by atoms with Gasteiger partial charge in [0.2, 0.25) is 5.88 Å². The van der Waals surface area contributed by atoms with E-state index < -0.39 is 0 Å². The van der Waals surface area contributed by atoms with Crippen molar-refractivity contribution in [3.05, 3.63) is 65.9 Å². The van der Waals surface area contributed by atoms with Gasteiger partial charge in [-0.05, 0) is 29.8 Å². The number of fused-ring (bicyclic) bond motifs is 1. The van der Waals surface area contributed by atoms with Crippen LogP contribution in [0.1, 0.15) is 5.76 Å². The predicted octanol–water partition coefficient (Wildman–Crippen LogP) is 4.13. The Hall–Kier alpha value is -3.26. The van der Waals surface area contributed by atoms with Crippen molar-refractivity contribution < 1.29 is 18.3 Å². The zero-order valence-corrected chi connectivity index (χ0v) is 15.8. The summed E-state index contributed by atoms with van der Waals surface area (Å²) in [5, 5.41) is 2.63. The Kier molecular flexibility index (Phi) is 5.03. The molecule has 0 bridgehead atoms. The molecule has 0 atom stereocenters. The van der Waals surface area contributed by atoms with E-state index in [1.807, 2.05) is 5.38 Å². The standard InChI is InChI=1S/C20H16FN3O3S/c1-24(9-15-3-2-8-26-15)17(25)10-27-19-18-16(11-28-20(18)23-12-22-19)13-4-6-14(21)7-5-13/h2-8,11-12H,9-10H2,1H3. The number of hydrogen-bond acceptors (Lipinski definition) is 6. The Balaban J connectivity index is 1.54. The molecule has 0 fully saturated rings.